The highest BCUT2D eigenvalue weighted by atomic mass is 127. The number of aliphatic imine (C=N–C) groups is 1. The minimum Gasteiger partial charge on any atom is -0.357 e. The lowest BCUT2D eigenvalue weighted by Gasteiger charge is -2.20. The molecule has 33 heavy (non-hydrogen) atoms. The average Bonchev–Trinajstić information content (AvgIpc) is 3.25. The summed E-state index contributed by atoms with van der Waals surface area (Å²) in [5.74, 6) is 1.81. The summed E-state index contributed by atoms with van der Waals surface area (Å²) in [5, 5.41) is 18.1. The number of carbonyl (C=O) groups excluding carboxylic acids is 1. The van der Waals surface area contributed by atoms with Gasteiger partial charge in [0.1, 0.15) is 0 Å². The summed E-state index contributed by atoms with van der Waals surface area (Å²) in [5.41, 5.74) is 2.69. The quantitative estimate of drug-likeness (QED) is 0.229. The third-order valence-electron chi connectivity index (χ3n) is 5.73. The summed E-state index contributed by atoms with van der Waals surface area (Å²) in [6.07, 6.45) is 7.48. The summed E-state index contributed by atoms with van der Waals surface area (Å²) < 4.78 is 1.95. The number of amides is 1. The fourth-order valence-corrected chi connectivity index (χ4v) is 4.04. The van der Waals surface area contributed by atoms with Crippen LogP contribution in [0.1, 0.15) is 50.4 Å². The number of guanidine groups is 1. The number of carbonyl (C=O) groups is 1. The SMILES string of the molecule is CCNC(=NCc1cccc(NC(=O)C2CCCCC2)c1)NCc1nnc2ccccn12.I. The molecule has 2 aromatic heterocycles. The van der Waals surface area contributed by atoms with Gasteiger partial charge in [-0.05, 0) is 49.6 Å². The molecule has 4 rings (SSSR count). The van der Waals surface area contributed by atoms with Crippen molar-refractivity contribution in [1.82, 2.24) is 25.2 Å². The van der Waals surface area contributed by atoms with E-state index in [4.69, 9.17) is 4.99 Å². The van der Waals surface area contributed by atoms with Gasteiger partial charge in [-0.1, -0.05) is 37.5 Å². The minimum absolute atomic E-state index is 0. The van der Waals surface area contributed by atoms with Crippen molar-refractivity contribution >= 4 is 47.2 Å². The lowest BCUT2D eigenvalue weighted by molar-refractivity contribution is -0.120. The molecule has 1 saturated carbocycles. The zero-order valence-corrected chi connectivity index (χ0v) is 21.3. The van der Waals surface area contributed by atoms with Gasteiger partial charge in [0.15, 0.2) is 17.4 Å². The maximum atomic E-state index is 12.5. The second kappa shape index (κ2) is 12.5. The molecule has 1 aromatic carbocycles. The van der Waals surface area contributed by atoms with Crippen LogP contribution in [-0.4, -0.2) is 33.0 Å². The van der Waals surface area contributed by atoms with Crippen molar-refractivity contribution in [2.75, 3.05) is 11.9 Å². The summed E-state index contributed by atoms with van der Waals surface area (Å²) in [6, 6.07) is 13.8. The van der Waals surface area contributed by atoms with Gasteiger partial charge in [0.2, 0.25) is 5.91 Å². The number of rotatable bonds is 7. The highest BCUT2D eigenvalue weighted by molar-refractivity contribution is 14.0. The highest BCUT2D eigenvalue weighted by Crippen LogP contribution is 2.25. The Hall–Kier alpha value is -2.69. The van der Waals surface area contributed by atoms with Gasteiger partial charge in [-0.15, -0.1) is 34.2 Å². The summed E-state index contributed by atoms with van der Waals surface area (Å²) >= 11 is 0. The lowest BCUT2D eigenvalue weighted by Crippen LogP contribution is -2.37. The van der Waals surface area contributed by atoms with Crippen LogP contribution in [0, 0.1) is 5.92 Å². The molecule has 0 radical (unpaired) electrons. The topological polar surface area (TPSA) is 95.7 Å². The van der Waals surface area contributed by atoms with Crippen LogP contribution >= 0.6 is 24.0 Å². The molecule has 0 bridgehead atoms. The fourth-order valence-electron chi connectivity index (χ4n) is 4.04. The van der Waals surface area contributed by atoms with Crippen LogP contribution in [0.4, 0.5) is 5.69 Å². The molecule has 0 saturated heterocycles. The van der Waals surface area contributed by atoms with Crippen molar-refractivity contribution in [2.24, 2.45) is 10.9 Å². The molecule has 1 aliphatic carbocycles. The largest absolute Gasteiger partial charge is 0.357 e. The van der Waals surface area contributed by atoms with Crippen molar-refractivity contribution in [3.8, 4) is 0 Å². The predicted octanol–water partition coefficient (Wildman–Crippen LogP) is 4.12. The average molecular weight is 561 g/mol. The van der Waals surface area contributed by atoms with Gasteiger partial charge in [0.25, 0.3) is 0 Å². The zero-order valence-electron chi connectivity index (χ0n) is 19.0. The van der Waals surface area contributed by atoms with Crippen LogP contribution < -0.4 is 16.0 Å². The number of hydrogen-bond donors (Lipinski definition) is 3. The van der Waals surface area contributed by atoms with Crippen molar-refractivity contribution in [3.63, 3.8) is 0 Å². The Morgan fingerprint density at radius 3 is 2.76 bits per heavy atom. The number of halogens is 1. The van der Waals surface area contributed by atoms with E-state index in [1.807, 2.05) is 60.0 Å². The predicted molar refractivity (Wildman–Crippen MR) is 142 cm³/mol. The van der Waals surface area contributed by atoms with E-state index in [-0.39, 0.29) is 35.8 Å². The molecule has 8 nitrogen and oxygen atoms in total. The van der Waals surface area contributed by atoms with Gasteiger partial charge in [0.05, 0.1) is 13.1 Å². The highest BCUT2D eigenvalue weighted by Gasteiger charge is 2.21. The first kappa shape index (κ1) is 24.9. The monoisotopic (exact) mass is 561 g/mol. The lowest BCUT2D eigenvalue weighted by atomic mass is 9.88. The van der Waals surface area contributed by atoms with Crippen LogP contribution in [0.5, 0.6) is 0 Å². The molecule has 9 heteroatoms. The molecular formula is C24H32IN7O. The third kappa shape index (κ3) is 6.89. The molecule has 1 aliphatic rings. The van der Waals surface area contributed by atoms with Crippen LogP contribution in [0.15, 0.2) is 53.7 Å². The normalized spacial score (nSPS) is 14.5. The molecule has 0 unspecified atom stereocenters. The smallest absolute Gasteiger partial charge is 0.227 e. The van der Waals surface area contributed by atoms with E-state index < -0.39 is 0 Å². The number of hydrogen-bond acceptors (Lipinski definition) is 4. The van der Waals surface area contributed by atoms with Gasteiger partial charge >= 0.3 is 0 Å². The molecule has 1 fully saturated rings. The van der Waals surface area contributed by atoms with Crippen LogP contribution in [-0.2, 0) is 17.9 Å². The van der Waals surface area contributed by atoms with E-state index in [0.29, 0.717) is 19.0 Å². The number of nitrogens with zero attached hydrogens (tertiary/aromatic N) is 4. The second-order valence-electron chi connectivity index (χ2n) is 8.12. The van der Waals surface area contributed by atoms with Gasteiger partial charge in [-0.3, -0.25) is 9.20 Å². The fraction of sp³-hybridized carbons (Fsp3) is 0.417. The number of pyridine rings is 1. The Labute approximate surface area is 211 Å². The molecule has 1 amide bonds. The number of anilines is 1. The Morgan fingerprint density at radius 2 is 1.94 bits per heavy atom. The molecular weight excluding hydrogens is 529 g/mol. The van der Waals surface area contributed by atoms with Crippen LogP contribution in [0.2, 0.25) is 0 Å². The Balaban J connectivity index is 0.00000306. The van der Waals surface area contributed by atoms with E-state index >= 15 is 0 Å². The Morgan fingerprint density at radius 1 is 1.09 bits per heavy atom. The van der Waals surface area contributed by atoms with Gasteiger partial charge < -0.3 is 16.0 Å². The van der Waals surface area contributed by atoms with E-state index in [1.54, 1.807) is 0 Å². The molecule has 0 atom stereocenters. The first-order chi connectivity index (χ1) is 15.7. The Kier molecular flexibility index (Phi) is 9.47. The van der Waals surface area contributed by atoms with Crippen molar-refractivity contribution < 1.29 is 4.79 Å². The number of nitrogens with one attached hydrogen (secondary N) is 3. The zero-order chi connectivity index (χ0) is 22.2. The first-order valence-electron chi connectivity index (χ1n) is 11.4. The maximum Gasteiger partial charge on any atom is 0.227 e. The molecule has 3 aromatic rings. The molecule has 0 aliphatic heterocycles. The molecule has 2 heterocycles. The summed E-state index contributed by atoms with van der Waals surface area (Å²) in [4.78, 5) is 17.2. The van der Waals surface area contributed by atoms with E-state index in [0.717, 1.165) is 55.0 Å². The Bertz CT molecular complexity index is 1080. The number of fused-ring (bicyclic) bond motifs is 1. The molecule has 3 N–H and O–H groups in total. The first-order valence-corrected chi connectivity index (χ1v) is 11.4. The number of benzene rings is 1. The van der Waals surface area contributed by atoms with Gasteiger partial charge in [0, 0.05) is 24.3 Å². The standard InChI is InChI=1S/C24H31N7O.HI/c1-2-25-24(27-17-22-30-29-21-13-6-7-14-31(21)22)26-16-18-9-8-12-20(15-18)28-23(32)19-10-4-3-5-11-19;/h6-9,12-15,19H,2-5,10-11,16-17H2,1H3,(H,28,32)(H2,25,26,27);1H. The molecule has 0 spiro atoms. The summed E-state index contributed by atoms with van der Waals surface area (Å²) in [6.45, 7) is 3.80. The maximum absolute atomic E-state index is 12.5. The van der Waals surface area contributed by atoms with Crippen molar-refractivity contribution in [2.45, 2.75) is 52.1 Å². The second-order valence-corrected chi connectivity index (χ2v) is 8.12. The van der Waals surface area contributed by atoms with Crippen LogP contribution in [0.25, 0.3) is 5.65 Å². The minimum atomic E-state index is 0. The van der Waals surface area contributed by atoms with Gasteiger partial charge in [-0.2, -0.15) is 0 Å². The van der Waals surface area contributed by atoms with E-state index in [1.165, 1.54) is 6.42 Å². The third-order valence-corrected chi connectivity index (χ3v) is 5.73. The van der Waals surface area contributed by atoms with E-state index in [2.05, 4.69) is 26.1 Å². The van der Waals surface area contributed by atoms with Gasteiger partial charge in [-0.25, -0.2) is 4.99 Å². The molecule has 176 valence electrons. The van der Waals surface area contributed by atoms with Crippen molar-refractivity contribution in [3.05, 3.63) is 60.0 Å². The van der Waals surface area contributed by atoms with E-state index in [9.17, 15) is 4.79 Å². The summed E-state index contributed by atoms with van der Waals surface area (Å²) in [7, 11) is 0. The van der Waals surface area contributed by atoms with Crippen molar-refractivity contribution in [1.29, 1.82) is 0 Å². The van der Waals surface area contributed by atoms with Crippen LogP contribution in [0.3, 0.4) is 0 Å². The number of aromatic nitrogens is 3.